The van der Waals surface area contributed by atoms with E-state index in [-0.39, 0.29) is 17.9 Å². The van der Waals surface area contributed by atoms with Gasteiger partial charge in [0.2, 0.25) is 0 Å². The van der Waals surface area contributed by atoms with E-state index in [1.165, 1.54) is 12.1 Å². The zero-order valence-corrected chi connectivity index (χ0v) is 7.80. The number of aliphatic hydroxyl groups excluding tert-OH is 1. The molecule has 14 heavy (non-hydrogen) atoms. The van der Waals surface area contributed by atoms with E-state index in [0.717, 1.165) is 0 Å². The second kappa shape index (κ2) is 4.62. The molecule has 0 aliphatic heterocycles. The minimum absolute atomic E-state index is 0.118. The van der Waals surface area contributed by atoms with E-state index in [4.69, 9.17) is 0 Å². The largest absolute Gasteiger partial charge is 0.508 e. The van der Waals surface area contributed by atoms with Crippen LogP contribution >= 0.6 is 0 Å². The molecule has 2 N–H and O–H groups in total. The number of benzene rings is 1. The Kier molecular flexibility index (Phi) is 3.48. The predicted octanol–water partition coefficient (Wildman–Crippen LogP) is 0.989. The molecule has 0 radical (unpaired) electrons. The highest BCUT2D eigenvalue weighted by Gasteiger charge is 2.20. The minimum Gasteiger partial charge on any atom is -0.508 e. The molecule has 0 aliphatic carbocycles. The van der Waals surface area contributed by atoms with Gasteiger partial charge in [-0.05, 0) is 13.0 Å². The molecular formula is C10H12O4. The maximum atomic E-state index is 11.1. The molecule has 1 aromatic rings. The van der Waals surface area contributed by atoms with Crippen LogP contribution in [0.5, 0.6) is 5.75 Å². The number of hydrogen-bond donors (Lipinski definition) is 2. The van der Waals surface area contributed by atoms with Gasteiger partial charge in [0.1, 0.15) is 5.75 Å². The molecule has 0 saturated carbocycles. The predicted molar refractivity (Wildman–Crippen MR) is 49.7 cm³/mol. The lowest BCUT2D eigenvalue weighted by atomic mass is 10.1. The summed E-state index contributed by atoms with van der Waals surface area (Å²) < 4.78 is 4.61. The lowest BCUT2D eigenvalue weighted by Crippen LogP contribution is -2.15. The summed E-state index contributed by atoms with van der Waals surface area (Å²) in [6.07, 6.45) is -1.42. The molecule has 1 aromatic carbocycles. The van der Waals surface area contributed by atoms with E-state index in [1.54, 1.807) is 19.1 Å². The third kappa shape index (κ3) is 2.23. The van der Waals surface area contributed by atoms with Crippen LogP contribution in [-0.2, 0) is 9.53 Å². The summed E-state index contributed by atoms with van der Waals surface area (Å²) in [5.41, 5.74) is 0.158. The van der Waals surface area contributed by atoms with Crippen molar-refractivity contribution in [1.29, 1.82) is 0 Å². The van der Waals surface area contributed by atoms with Crippen molar-refractivity contribution in [3.63, 3.8) is 0 Å². The number of esters is 1. The van der Waals surface area contributed by atoms with Gasteiger partial charge in [-0.1, -0.05) is 18.2 Å². The molecule has 0 bridgehead atoms. The molecule has 0 heterocycles. The molecule has 76 valence electrons. The number of rotatable bonds is 3. The number of carbonyl (C=O) groups is 1. The molecule has 0 fully saturated rings. The molecule has 0 spiro atoms. The highest BCUT2D eigenvalue weighted by atomic mass is 16.5. The monoisotopic (exact) mass is 196 g/mol. The number of aliphatic hydroxyl groups is 1. The number of carbonyl (C=O) groups excluding carboxylic acids is 1. The molecule has 0 saturated heterocycles. The van der Waals surface area contributed by atoms with Crippen molar-refractivity contribution < 1.29 is 19.7 Å². The maximum Gasteiger partial charge on any atom is 0.339 e. The van der Waals surface area contributed by atoms with Crippen LogP contribution in [0.15, 0.2) is 24.3 Å². The van der Waals surface area contributed by atoms with Gasteiger partial charge >= 0.3 is 5.97 Å². The fourth-order valence-corrected chi connectivity index (χ4v) is 1.07. The van der Waals surface area contributed by atoms with Gasteiger partial charge in [0.05, 0.1) is 6.61 Å². The molecular weight excluding hydrogens is 184 g/mol. The standard InChI is InChI=1S/C10H12O4/c1-2-14-10(13)9(12)7-5-3-4-6-8(7)11/h3-6,9,11-12H,2H2,1H3/t9-/m0/s1. The van der Waals surface area contributed by atoms with E-state index in [9.17, 15) is 15.0 Å². The summed E-state index contributed by atoms with van der Waals surface area (Å²) in [7, 11) is 0. The lowest BCUT2D eigenvalue weighted by Gasteiger charge is -2.10. The van der Waals surface area contributed by atoms with Gasteiger partial charge < -0.3 is 14.9 Å². The van der Waals surface area contributed by atoms with E-state index in [2.05, 4.69) is 4.74 Å². The van der Waals surface area contributed by atoms with Gasteiger partial charge in [-0.3, -0.25) is 0 Å². The molecule has 0 amide bonds. The Morgan fingerprint density at radius 1 is 1.50 bits per heavy atom. The van der Waals surface area contributed by atoms with Crippen molar-refractivity contribution in [1.82, 2.24) is 0 Å². The summed E-state index contributed by atoms with van der Waals surface area (Å²) in [5.74, 6) is -0.873. The van der Waals surface area contributed by atoms with Crippen molar-refractivity contribution in [2.45, 2.75) is 13.0 Å². The first-order valence-electron chi connectivity index (χ1n) is 4.29. The number of para-hydroxylation sites is 1. The normalized spacial score (nSPS) is 12.1. The van der Waals surface area contributed by atoms with Crippen molar-refractivity contribution in [2.75, 3.05) is 6.61 Å². The van der Waals surface area contributed by atoms with E-state index in [1.807, 2.05) is 0 Å². The topological polar surface area (TPSA) is 66.8 Å². The van der Waals surface area contributed by atoms with E-state index >= 15 is 0 Å². The number of aromatic hydroxyl groups is 1. The fraction of sp³-hybridized carbons (Fsp3) is 0.300. The Balaban J connectivity index is 2.84. The van der Waals surface area contributed by atoms with Gasteiger partial charge in [0, 0.05) is 5.56 Å². The molecule has 4 nitrogen and oxygen atoms in total. The van der Waals surface area contributed by atoms with Crippen molar-refractivity contribution >= 4 is 5.97 Å². The van der Waals surface area contributed by atoms with Crippen LogP contribution in [0.3, 0.4) is 0 Å². The first-order chi connectivity index (χ1) is 6.66. The first-order valence-corrected chi connectivity index (χ1v) is 4.29. The minimum atomic E-state index is -1.42. The van der Waals surface area contributed by atoms with Crippen LogP contribution in [0, 0.1) is 0 Å². The summed E-state index contributed by atoms with van der Waals surface area (Å²) in [5, 5.41) is 18.8. The first kappa shape index (κ1) is 10.5. The van der Waals surface area contributed by atoms with E-state index in [0.29, 0.717) is 0 Å². The van der Waals surface area contributed by atoms with Crippen LogP contribution in [0.4, 0.5) is 0 Å². The van der Waals surface area contributed by atoms with Gasteiger partial charge in [-0.15, -0.1) is 0 Å². The molecule has 1 rings (SSSR count). The lowest BCUT2D eigenvalue weighted by molar-refractivity contribution is -0.153. The van der Waals surface area contributed by atoms with Crippen molar-refractivity contribution in [3.05, 3.63) is 29.8 Å². The number of phenols is 1. The van der Waals surface area contributed by atoms with Gasteiger partial charge in [-0.25, -0.2) is 4.79 Å². The molecule has 0 aromatic heterocycles. The average molecular weight is 196 g/mol. The Hall–Kier alpha value is -1.55. The maximum absolute atomic E-state index is 11.1. The third-order valence-electron chi connectivity index (χ3n) is 1.74. The second-order valence-corrected chi connectivity index (χ2v) is 2.71. The molecule has 0 aliphatic rings. The van der Waals surface area contributed by atoms with E-state index < -0.39 is 12.1 Å². The number of ether oxygens (including phenoxy) is 1. The SMILES string of the molecule is CCOC(=O)[C@@H](O)c1ccccc1O. The van der Waals surface area contributed by atoms with Crippen LogP contribution in [-0.4, -0.2) is 22.8 Å². The van der Waals surface area contributed by atoms with Crippen LogP contribution in [0.2, 0.25) is 0 Å². The zero-order chi connectivity index (χ0) is 10.6. The fourth-order valence-electron chi connectivity index (χ4n) is 1.07. The van der Waals surface area contributed by atoms with Crippen LogP contribution in [0.1, 0.15) is 18.6 Å². The second-order valence-electron chi connectivity index (χ2n) is 2.71. The third-order valence-corrected chi connectivity index (χ3v) is 1.74. The highest BCUT2D eigenvalue weighted by molar-refractivity contribution is 5.77. The summed E-state index contributed by atoms with van der Waals surface area (Å²) >= 11 is 0. The van der Waals surface area contributed by atoms with Crippen molar-refractivity contribution in [3.8, 4) is 5.75 Å². The zero-order valence-electron chi connectivity index (χ0n) is 7.80. The summed E-state index contributed by atoms with van der Waals surface area (Å²) in [4.78, 5) is 11.1. The Labute approximate surface area is 81.8 Å². The smallest absolute Gasteiger partial charge is 0.339 e. The van der Waals surface area contributed by atoms with Gasteiger partial charge in [-0.2, -0.15) is 0 Å². The Bertz CT molecular complexity index is 322. The molecule has 1 atom stereocenters. The number of hydrogen-bond acceptors (Lipinski definition) is 4. The quantitative estimate of drug-likeness (QED) is 0.707. The summed E-state index contributed by atoms with van der Waals surface area (Å²) in [6, 6.07) is 6.10. The van der Waals surface area contributed by atoms with Gasteiger partial charge in [0.25, 0.3) is 0 Å². The average Bonchev–Trinajstić information content (AvgIpc) is 2.18. The highest BCUT2D eigenvalue weighted by Crippen LogP contribution is 2.24. The van der Waals surface area contributed by atoms with Crippen LogP contribution in [0.25, 0.3) is 0 Å². The summed E-state index contributed by atoms with van der Waals surface area (Å²) in [6.45, 7) is 1.85. The Morgan fingerprint density at radius 3 is 2.71 bits per heavy atom. The molecule has 4 heteroatoms. The Morgan fingerprint density at radius 2 is 2.14 bits per heavy atom. The van der Waals surface area contributed by atoms with Crippen molar-refractivity contribution in [2.24, 2.45) is 0 Å². The van der Waals surface area contributed by atoms with Gasteiger partial charge in [0.15, 0.2) is 6.10 Å². The number of phenolic OH excluding ortho intramolecular Hbond substituents is 1. The van der Waals surface area contributed by atoms with Crippen LogP contribution < -0.4 is 0 Å². The molecule has 0 unspecified atom stereocenters.